The second-order valence-electron chi connectivity index (χ2n) is 5.51. The average molecular weight is 368 g/mol. The van der Waals surface area contributed by atoms with Crippen LogP contribution < -0.4 is 5.32 Å². The number of nitrogens with one attached hydrogen (secondary N) is 1. The van der Waals surface area contributed by atoms with Crippen molar-refractivity contribution in [3.05, 3.63) is 77.1 Å². The fourth-order valence-electron chi connectivity index (χ4n) is 2.27. The molecule has 0 saturated heterocycles. The van der Waals surface area contributed by atoms with Gasteiger partial charge in [0.15, 0.2) is 0 Å². The second kappa shape index (κ2) is 7.83. The third-order valence-corrected chi connectivity index (χ3v) is 4.77. The minimum absolute atomic E-state index is 0.148. The molecule has 1 unspecified atom stereocenters. The molecule has 3 rings (SSSR count). The van der Waals surface area contributed by atoms with Gasteiger partial charge in [0, 0.05) is 9.79 Å². The maximum atomic E-state index is 12.5. The summed E-state index contributed by atoms with van der Waals surface area (Å²) in [7, 11) is 0. The number of nitro groups is 1. The van der Waals surface area contributed by atoms with Gasteiger partial charge in [-0.05, 0) is 31.2 Å². The molecule has 0 aliphatic heterocycles. The van der Waals surface area contributed by atoms with Gasteiger partial charge in [0.25, 0.3) is 0 Å². The number of hydrogen-bond donors (Lipinski definition) is 1. The van der Waals surface area contributed by atoms with Crippen LogP contribution >= 0.6 is 11.8 Å². The lowest BCUT2D eigenvalue weighted by Crippen LogP contribution is -2.24. The maximum Gasteiger partial charge on any atom is 0.307 e. The molecule has 0 bridgehead atoms. The molecule has 0 aliphatic rings. The largest absolute Gasteiger partial charge is 0.323 e. The number of benzene rings is 2. The molecule has 132 valence electrons. The minimum atomic E-state index is -0.682. The number of carbonyl (C=O) groups is 1. The van der Waals surface area contributed by atoms with Crippen LogP contribution in [0.4, 0.5) is 11.4 Å². The van der Waals surface area contributed by atoms with Crippen molar-refractivity contribution < 1.29 is 9.72 Å². The Balaban J connectivity index is 1.75. The van der Waals surface area contributed by atoms with Gasteiger partial charge < -0.3 is 5.32 Å². The second-order valence-corrected chi connectivity index (χ2v) is 6.63. The monoisotopic (exact) mass is 368 g/mol. The number of para-hydroxylation sites is 1. The predicted molar refractivity (Wildman–Crippen MR) is 99.2 cm³/mol. The highest BCUT2D eigenvalue weighted by molar-refractivity contribution is 7.99. The predicted octanol–water partition coefficient (Wildman–Crippen LogP) is 4.14. The summed E-state index contributed by atoms with van der Waals surface area (Å²) in [5, 5.41) is 17.5. The number of nitrogens with zero attached hydrogens (tertiary/aromatic N) is 3. The first-order valence-corrected chi connectivity index (χ1v) is 8.67. The molecule has 0 radical (unpaired) electrons. The molecule has 1 N–H and O–H groups in total. The van der Waals surface area contributed by atoms with Crippen LogP contribution in [0, 0.1) is 10.1 Å². The van der Waals surface area contributed by atoms with Crippen molar-refractivity contribution in [2.24, 2.45) is 0 Å². The first kappa shape index (κ1) is 17.7. The van der Waals surface area contributed by atoms with Crippen LogP contribution in [-0.4, -0.2) is 20.6 Å². The Kier molecular flexibility index (Phi) is 5.33. The van der Waals surface area contributed by atoms with E-state index in [9.17, 15) is 14.9 Å². The van der Waals surface area contributed by atoms with Crippen molar-refractivity contribution in [2.75, 3.05) is 5.32 Å². The van der Waals surface area contributed by atoms with Gasteiger partial charge in [-0.15, -0.1) is 0 Å². The molecule has 7 nitrogen and oxygen atoms in total. The van der Waals surface area contributed by atoms with Crippen LogP contribution in [0.1, 0.15) is 13.0 Å². The Labute approximate surface area is 154 Å². The van der Waals surface area contributed by atoms with Gasteiger partial charge in [-0.1, -0.05) is 42.1 Å². The summed E-state index contributed by atoms with van der Waals surface area (Å²) in [5.74, 6) is -0.302. The fraction of sp³-hybridized carbons (Fsp3) is 0.111. The Bertz CT molecular complexity index is 927. The van der Waals surface area contributed by atoms with Crippen molar-refractivity contribution in [1.29, 1.82) is 0 Å². The van der Waals surface area contributed by atoms with Gasteiger partial charge in [0.2, 0.25) is 5.91 Å². The normalized spacial score (nSPS) is 11.7. The lowest BCUT2D eigenvalue weighted by atomic mass is 10.2. The van der Waals surface area contributed by atoms with Gasteiger partial charge in [-0.2, -0.15) is 5.10 Å². The Morgan fingerprint density at radius 3 is 2.58 bits per heavy atom. The quantitative estimate of drug-likeness (QED) is 0.521. The van der Waals surface area contributed by atoms with E-state index in [-0.39, 0.29) is 11.6 Å². The molecule has 1 amide bonds. The molecular formula is C18H16N4O3S. The number of amides is 1. The van der Waals surface area contributed by atoms with Crippen LogP contribution in [0.2, 0.25) is 0 Å². The van der Waals surface area contributed by atoms with Crippen LogP contribution in [-0.2, 0) is 4.79 Å². The van der Waals surface area contributed by atoms with E-state index in [1.165, 1.54) is 10.9 Å². The zero-order valence-electron chi connectivity index (χ0n) is 13.9. The third kappa shape index (κ3) is 4.09. The summed E-state index contributed by atoms with van der Waals surface area (Å²) in [4.78, 5) is 24.7. The van der Waals surface area contributed by atoms with E-state index in [2.05, 4.69) is 10.4 Å². The Hall–Kier alpha value is -3.13. The number of hydrogen-bond acceptors (Lipinski definition) is 5. The molecule has 26 heavy (non-hydrogen) atoms. The third-order valence-electron chi connectivity index (χ3n) is 3.69. The Morgan fingerprint density at radius 1 is 1.19 bits per heavy atom. The summed E-state index contributed by atoms with van der Waals surface area (Å²) in [6.45, 7) is 1.64. The van der Waals surface area contributed by atoms with Crippen molar-refractivity contribution in [1.82, 2.24) is 9.78 Å². The summed E-state index contributed by atoms with van der Waals surface area (Å²) in [6.07, 6.45) is 2.37. The van der Waals surface area contributed by atoms with Crippen LogP contribution in [0.3, 0.4) is 0 Å². The number of rotatable bonds is 6. The van der Waals surface area contributed by atoms with E-state index in [1.54, 1.807) is 18.7 Å². The average Bonchev–Trinajstić information content (AvgIpc) is 3.14. The first-order valence-electron chi connectivity index (χ1n) is 7.86. The minimum Gasteiger partial charge on any atom is -0.323 e. The zero-order chi connectivity index (χ0) is 18.5. The molecule has 1 atom stereocenters. The highest BCUT2D eigenvalue weighted by Gasteiger charge is 2.20. The summed E-state index contributed by atoms with van der Waals surface area (Å²) >= 11 is 1.55. The van der Waals surface area contributed by atoms with Gasteiger partial charge in [0.1, 0.15) is 18.4 Å². The van der Waals surface area contributed by atoms with Crippen molar-refractivity contribution in [3.8, 4) is 0 Å². The topological polar surface area (TPSA) is 90.1 Å². The molecule has 0 spiro atoms. The van der Waals surface area contributed by atoms with Crippen LogP contribution in [0.5, 0.6) is 0 Å². The summed E-state index contributed by atoms with van der Waals surface area (Å²) in [6, 6.07) is 16.7. The molecule has 1 heterocycles. The smallest absolute Gasteiger partial charge is 0.307 e. The van der Waals surface area contributed by atoms with Crippen molar-refractivity contribution >= 4 is 29.0 Å². The fourth-order valence-corrected chi connectivity index (χ4v) is 3.19. The van der Waals surface area contributed by atoms with E-state index in [0.717, 1.165) is 16.0 Å². The lowest BCUT2D eigenvalue weighted by molar-refractivity contribution is -0.385. The van der Waals surface area contributed by atoms with E-state index in [0.29, 0.717) is 5.69 Å². The number of anilines is 1. The molecule has 0 saturated carbocycles. The highest BCUT2D eigenvalue weighted by atomic mass is 32.2. The van der Waals surface area contributed by atoms with Gasteiger partial charge in [-0.3, -0.25) is 19.6 Å². The molecular weight excluding hydrogens is 352 g/mol. The van der Waals surface area contributed by atoms with Gasteiger partial charge >= 0.3 is 5.69 Å². The molecule has 0 fully saturated rings. The van der Waals surface area contributed by atoms with Crippen molar-refractivity contribution in [2.45, 2.75) is 22.8 Å². The molecule has 0 aliphatic carbocycles. The first-order chi connectivity index (χ1) is 12.5. The lowest BCUT2D eigenvalue weighted by Gasteiger charge is -2.15. The van der Waals surface area contributed by atoms with Crippen molar-refractivity contribution in [3.63, 3.8) is 0 Å². The summed E-state index contributed by atoms with van der Waals surface area (Å²) in [5.41, 5.74) is 0.532. The van der Waals surface area contributed by atoms with E-state index in [1.807, 2.05) is 54.6 Å². The highest BCUT2D eigenvalue weighted by Crippen LogP contribution is 2.33. The molecule has 2 aromatic carbocycles. The SMILES string of the molecule is CC(C(=O)Nc1ccccc1Sc1ccccc1)n1cc([N+](=O)[O-])cn1. The molecule has 3 aromatic rings. The molecule has 8 heteroatoms. The van der Waals surface area contributed by atoms with Crippen LogP contribution in [0.15, 0.2) is 76.8 Å². The van der Waals surface area contributed by atoms with Gasteiger partial charge in [0.05, 0.1) is 10.6 Å². The zero-order valence-corrected chi connectivity index (χ0v) is 14.7. The number of carbonyl (C=O) groups excluding carboxylic acids is 1. The van der Waals surface area contributed by atoms with Crippen LogP contribution in [0.25, 0.3) is 0 Å². The number of aromatic nitrogens is 2. The Morgan fingerprint density at radius 2 is 1.88 bits per heavy atom. The van der Waals surface area contributed by atoms with Gasteiger partial charge in [-0.25, -0.2) is 0 Å². The standard InChI is InChI=1S/C18H16N4O3S/c1-13(21-12-14(11-19-21)22(24)25)18(23)20-16-9-5-6-10-17(16)26-15-7-3-2-4-8-15/h2-13H,1H3,(H,20,23). The van der Waals surface area contributed by atoms with E-state index >= 15 is 0 Å². The van der Waals surface area contributed by atoms with E-state index < -0.39 is 11.0 Å². The van der Waals surface area contributed by atoms with E-state index in [4.69, 9.17) is 0 Å². The maximum absolute atomic E-state index is 12.5. The molecule has 1 aromatic heterocycles. The summed E-state index contributed by atoms with van der Waals surface area (Å²) < 4.78 is 1.28.